The van der Waals surface area contributed by atoms with Gasteiger partial charge < -0.3 is 15.3 Å². The van der Waals surface area contributed by atoms with E-state index in [1.807, 2.05) is 0 Å². The summed E-state index contributed by atoms with van der Waals surface area (Å²) in [5.74, 6) is -4.39. The third-order valence-electron chi connectivity index (χ3n) is 0.485. The summed E-state index contributed by atoms with van der Waals surface area (Å²) >= 11 is 0. The summed E-state index contributed by atoms with van der Waals surface area (Å²) < 4.78 is 0. The number of carboxylic acids is 3. The van der Waals surface area contributed by atoms with Crippen LogP contribution in [0.25, 0.3) is 0 Å². The first kappa shape index (κ1) is 23.6. The summed E-state index contributed by atoms with van der Waals surface area (Å²) in [5, 5.41) is 22.5. The van der Waals surface area contributed by atoms with Crippen molar-refractivity contribution in [3.8, 4) is 0 Å². The van der Waals surface area contributed by atoms with Crippen molar-refractivity contribution in [2.75, 3.05) is 0 Å². The predicted octanol–water partition coefficient (Wildman–Crippen LogP) is -2.20. The SMILES string of the molecule is CCC(=O)O.O=C(O)C(=O)O.[CaH2].[CaH2]. The van der Waals surface area contributed by atoms with E-state index in [-0.39, 0.29) is 81.9 Å². The Balaban J connectivity index is -0.0000000546. The average Bonchev–Trinajstić information content (AvgIpc) is 1.89. The molecule has 0 saturated carbocycles. The molecule has 0 amide bonds. The third kappa shape index (κ3) is 32.2. The van der Waals surface area contributed by atoms with Crippen LogP contribution < -0.4 is 0 Å². The van der Waals surface area contributed by atoms with Gasteiger partial charge in [-0.1, -0.05) is 6.92 Å². The molecule has 0 bridgehead atoms. The van der Waals surface area contributed by atoms with Crippen molar-refractivity contribution in [1.29, 1.82) is 0 Å². The van der Waals surface area contributed by atoms with Gasteiger partial charge in [-0.15, -0.1) is 0 Å². The molecule has 8 heteroatoms. The molecule has 0 atom stereocenters. The second kappa shape index (κ2) is 15.4. The molecular weight excluding hydrogens is 236 g/mol. The number of aliphatic carboxylic acids is 3. The maximum atomic E-state index is 9.37. The molecule has 13 heavy (non-hydrogen) atoms. The molecule has 3 N–H and O–H groups in total. The molecule has 0 fully saturated rings. The molecule has 0 aromatic carbocycles. The van der Waals surface area contributed by atoms with E-state index in [1.54, 1.807) is 6.92 Å². The van der Waals surface area contributed by atoms with Gasteiger partial charge in [-0.05, 0) is 0 Å². The Bertz CT molecular complexity index is 156. The quantitative estimate of drug-likeness (QED) is 0.359. The minimum atomic E-state index is -1.82. The second-order valence-corrected chi connectivity index (χ2v) is 1.36. The van der Waals surface area contributed by atoms with E-state index in [1.165, 1.54) is 0 Å². The molecule has 0 aliphatic rings. The topological polar surface area (TPSA) is 112 Å². The molecule has 6 nitrogen and oxygen atoms in total. The molecule has 0 aromatic heterocycles. The average molecular weight is 248 g/mol. The third-order valence-corrected chi connectivity index (χ3v) is 0.485. The Morgan fingerprint density at radius 1 is 0.923 bits per heavy atom. The van der Waals surface area contributed by atoms with Gasteiger partial charge in [0.1, 0.15) is 0 Å². The van der Waals surface area contributed by atoms with Crippen molar-refractivity contribution in [2.45, 2.75) is 13.3 Å². The normalized spacial score (nSPS) is 6.23. The predicted molar refractivity (Wildman–Crippen MR) is 50.3 cm³/mol. The number of hydrogen-bond donors (Lipinski definition) is 3. The summed E-state index contributed by atoms with van der Waals surface area (Å²) in [4.78, 5) is 27.6. The van der Waals surface area contributed by atoms with Crippen molar-refractivity contribution < 1.29 is 29.7 Å². The van der Waals surface area contributed by atoms with Crippen molar-refractivity contribution >= 4 is 93.4 Å². The Labute approximate surface area is 134 Å². The molecular formula is C5H12Ca2O6. The number of hydrogen-bond acceptors (Lipinski definition) is 3. The van der Waals surface area contributed by atoms with Crippen LogP contribution in [0.15, 0.2) is 0 Å². The van der Waals surface area contributed by atoms with Crippen LogP contribution in [0.5, 0.6) is 0 Å². The van der Waals surface area contributed by atoms with Crippen LogP contribution in [0.2, 0.25) is 0 Å². The van der Waals surface area contributed by atoms with Gasteiger partial charge >= 0.3 is 93.4 Å². The van der Waals surface area contributed by atoms with Crippen LogP contribution in [0.1, 0.15) is 13.3 Å². The van der Waals surface area contributed by atoms with Gasteiger partial charge in [0.15, 0.2) is 0 Å². The van der Waals surface area contributed by atoms with Crippen LogP contribution in [-0.4, -0.2) is 109 Å². The summed E-state index contributed by atoms with van der Waals surface area (Å²) in [7, 11) is 0. The molecule has 0 spiro atoms. The first-order valence-corrected chi connectivity index (χ1v) is 2.59. The second-order valence-electron chi connectivity index (χ2n) is 1.36. The molecule has 0 aromatic rings. The van der Waals surface area contributed by atoms with E-state index in [4.69, 9.17) is 24.9 Å². The van der Waals surface area contributed by atoms with E-state index < -0.39 is 17.9 Å². The maximum absolute atomic E-state index is 9.37. The van der Waals surface area contributed by atoms with Crippen LogP contribution >= 0.6 is 0 Å². The Kier molecular flexibility index (Phi) is 28.0. The van der Waals surface area contributed by atoms with E-state index in [2.05, 4.69) is 0 Å². The first-order chi connectivity index (χ1) is 4.91. The van der Waals surface area contributed by atoms with E-state index in [0.29, 0.717) is 0 Å². The van der Waals surface area contributed by atoms with Gasteiger partial charge in [0.2, 0.25) is 0 Å². The van der Waals surface area contributed by atoms with E-state index in [9.17, 15) is 4.79 Å². The number of carbonyl (C=O) groups is 3. The molecule has 0 aliphatic heterocycles. The van der Waals surface area contributed by atoms with Crippen LogP contribution in [0.4, 0.5) is 0 Å². The van der Waals surface area contributed by atoms with E-state index in [0.717, 1.165) is 0 Å². The first-order valence-electron chi connectivity index (χ1n) is 2.59. The summed E-state index contributed by atoms with van der Waals surface area (Å²) in [6.07, 6.45) is 0.222. The van der Waals surface area contributed by atoms with Gasteiger partial charge in [-0.3, -0.25) is 4.79 Å². The molecule has 72 valence electrons. The standard InChI is InChI=1S/C3H6O2.C2H2O4.2Ca.4H/c1-2-3(4)5;3-1(4)2(5)6;;;;;;/h2H2,1H3,(H,4,5);(H,3,4)(H,5,6);;;;;;. The molecule has 0 unspecified atom stereocenters. The van der Waals surface area contributed by atoms with Crippen molar-refractivity contribution in [3.05, 3.63) is 0 Å². The van der Waals surface area contributed by atoms with Gasteiger partial charge in [-0.2, -0.15) is 0 Å². The summed E-state index contributed by atoms with van der Waals surface area (Å²) in [5.41, 5.74) is 0. The number of rotatable bonds is 1. The monoisotopic (exact) mass is 248 g/mol. The Morgan fingerprint density at radius 2 is 1.08 bits per heavy atom. The summed E-state index contributed by atoms with van der Waals surface area (Å²) in [6, 6.07) is 0. The fraction of sp³-hybridized carbons (Fsp3) is 0.400. The van der Waals surface area contributed by atoms with Crippen molar-refractivity contribution in [2.24, 2.45) is 0 Å². The Hall–Kier alpha value is 0.929. The Morgan fingerprint density at radius 3 is 1.08 bits per heavy atom. The van der Waals surface area contributed by atoms with Crippen LogP contribution in [0, 0.1) is 0 Å². The van der Waals surface area contributed by atoms with Gasteiger partial charge in [0.25, 0.3) is 0 Å². The minimum absolute atomic E-state index is 0. The zero-order valence-corrected chi connectivity index (χ0v) is 5.77. The summed E-state index contributed by atoms with van der Waals surface area (Å²) in [6.45, 7) is 1.60. The van der Waals surface area contributed by atoms with Gasteiger partial charge in [0.05, 0.1) is 0 Å². The zero-order chi connectivity index (χ0) is 9.44. The molecule has 0 aliphatic carbocycles. The van der Waals surface area contributed by atoms with E-state index >= 15 is 0 Å². The molecule has 0 saturated heterocycles. The van der Waals surface area contributed by atoms with Gasteiger partial charge in [-0.25, -0.2) is 9.59 Å². The molecule has 0 heterocycles. The van der Waals surface area contributed by atoms with Crippen molar-refractivity contribution in [1.82, 2.24) is 0 Å². The van der Waals surface area contributed by atoms with Crippen molar-refractivity contribution in [3.63, 3.8) is 0 Å². The molecule has 0 radical (unpaired) electrons. The van der Waals surface area contributed by atoms with Gasteiger partial charge in [0, 0.05) is 6.42 Å². The van der Waals surface area contributed by atoms with Crippen LogP contribution in [-0.2, 0) is 14.4 Å². The molecule has 0 rings (SSSR count). The fourth-order valence-electron chi connectivity index (χ4n) is 0. The zero-order valence-electron chi connectivity index (χ0n) is 5.77. The fourth-order valence-corrected chi connectivity index (χ4v) is 0. The van der Waals surface area contributed by atoms with Crippen LogP contribution in [0.3, 0.4) is 0 Å². The number of carboxylic acid groups (broad SMARTS) is 3.